The van der Waals surface area contributed by atoms with Crippen molar-refractivity contribution in [2.24, 2.45) is 11.8 Å². The van der Waals surface area contributed by atoms with Crippen LogP contribution in [-0.2, 0) is 24.1 Å². The van der Waals surface area contributed by atoms with E-state index in [0.29, 0.717) is 6.54 Å². The summed E-state index contributed by atoms with van der Waals surface area (Å²) in [5, 5.41) is 5.18. The first kappa shape index (κ1) is 18.4. The van der Waals surface area contributed by atoms with Crippen molar-refractivity contribution in [3.63, 3.8) is 0 Å². The fourth-order valence-corrected chi connectivity index (χ4v) is 4.70. The van der Waals surface area contributed by atoms with E-state index in [-0.39, 0.29) is 11.8 Å². The highest BCUT2D eigenvalue weighted by Gasteiger charge is 2.27. The number of nitrogens with one attached hydrogen (secondary N) is 1. The smallest absolute Gasteiger partial charge is 0.225 e. The molecular weight excluding hydrogens is 356 g/mol. The highest BCUT2D eigenvalue weighted by Crippen LogP contribution is 2.27. The fourth-order valence-electron chi connectivity index (χ4n) is 3.99. The predicted octanol–water partition coefficient (Wildman–Crippen LogP) is 3.24. The molecule has 2 aliphatic rings. The van der Waals surface area contributed by atoms with Gasteiger partial charge in [0.2, 0.25) is 11.9 Å². The normalized spacial score (nSPS) is 20.3. The number of carbonyl (C=O) groups excluding carboxylic acids is 1. The van der Waals surface area contributed by atoms with Crippen molar-refractivity contribution < 1.29 is 4.79 Å². The fraction of sp³-hybridized carbons (Fsp3) is 0.571. The van der Waals surface area contributed by atoms with Crippen LogP contribution in [0.4, 0.5) is 5.95 Å². The molecule has 4 rings (SSSR count). The average molecular weight is 385 g/mol. The van der Waals surface area contributed by atoms with Crippen LogP contribution in [0, 0.1) is 11.8 Å². The number of thiophene rings is 1. The Morgan fingerprint density at radius 1 is 1.33 bits per heavy atom. The van der Waals surface area contributed by atoms with Crippen LogP contribution in [0.15, 0.2) is 23.7 Å². The summed E-state index contributed by atoms with van der Waals surface area (Å²) < 4.78 is 0. The van der Waals surface area contributed by atoms with Gasteiger partial charge in [0.25, 0.3) is 0 Å². The number of rotatable bonds is 5. The molecule has 1 aliphatic heterocycles. The molecule has 1 amide bonds. The van der Waals surface area contributed by atoms with Crippen molar-refractivity contribution >= 4 is 23.2 Å². The maximum Gasteiger partial charge on any atom is 0.225 e. The third-order valence-corrected chi connectivity index (χ3v) is 6.76. The van der Waals surface area contributed by atoms with Crippen LogP contribution in [0.3, 0.4) is 0 Å². The van der Waals surface area contributed by atoms with Crippen molar-refractivity contribution in [2.45, 2.75) is 45.4 Å². The van der Waals surface area contributed by atoms with E-state index in [4.69, 9.17) is 4.98 Å². The van der Waals surface area contributed by atoms with Crippen LogP contribution < -0.4 is 10.2 Å². The average Bonchev–Trinajstić information content (AvgIpc) is 3.21. The zero-order valence-electron chi connectivity index (χ0n) is 16.0. The molecule has 3 heterocycles. The van der Waals surface area contributed by atoms with Gasteiger partial charge in [-0.3, -0.25) is 4.79 Å². The lowest BCUT2D eigenvalue weighted by molar-refractivity contribution is -0.125. The number of fused-ring (bicyclic) bond motifs is 1. The molecule has 0 unspecified atom stereocenters. The number of aryl methyl sites for hydroxylation is 1. The first-order chi connectivity index (χ1) is 13.2. The monoisotopic (exact) mass is 384 g/mol. The third kappa shape index (κ3) is 4.49. The highest BCUT2D eigenvalue weighted by molar-refractivity contribution is 7.09. The summed E-state index contributed by atoms with van der Waals surface area (Å²) in [5.41, 5.74) is 2.29. The van der Waals surface area contributed by atoms with Gasteiger partial charge >= 0.3 is 0 Å². The van der Waals surface area contributed by atoms with E-state index < -0.39 is 0 Å². The van der Waals surface area contributed by atoms with Crippen LogP contribution in [0.1, 0.15) is 42.3 Å². The molecular formula is C21H28N4OS. The molecule has 0 aromatic carbocycles. The van der Waals surface area contributed by atoms with E-state index in [1.54, 1.807) is 11.3 Å². The van der Waals surface area contributed by atoms with Crippen molar-refractivity contribution in [3.8, 4) is 0 Å². The van der Waals surface area contributed by atoms with E-state index in [0.717, 1.165) is 61.9 Å². The van der Waals surface area contributed by atoms with Gasteiger partial charge in [-0.1, -0.05) is 13.0 Å². The van der Waals surface area contributed by atoms with Gasteiger partial charge in [-0.05, 0) is 61.5 Å². The van der Waals surface area contributed by atoms with Crippen LogP contribution >= 0.6 is 11.3 Å². The second-order valence-electron chi connectivity index (χ2n) is 7.87. The molecule has 1 N–H and O–H groups in total. The number of hydrogen-bond acceptors (Lipinski definition) is 5. The van der Waals surface area contributed by atoms with Gasteiger partial charge in [0, 0.05) is 42.3 Å². The number of nitrogens with zero attached hydrogens (tertiary/aromatic N) is 3. The largest absolute Gasteiger partial charge is 0.355 e. The maximum atomic E-state index is 12.5. The molecule has 6 heteroatoms. The quantitative estimate of drug-likeness (QED) is 0.860. The van der Waals surface area contributed by atoms with Crippen LogP contribution in [0.5, 0.6) is 0 Å². The summed E-state index contributed by atoms with van der Waals surface area (Å²) in [4.78, 5) is 25.6. The number of hydrogen-bond donors (Lipinski definition) is 1. The zero-order chi connectivity index (χ0) is 18.6. The lowest BCUT2D eigenvalue weighted by Crippen LogP contribution is -2.36. The zero-order valence-corrected chi connectivity index (χ0v) is 16.8. The Morgan fingerprint density at radius 3 is 2.96 bits per heavy atom. The summed E-state index contributed by atoms with van der Waals surface area (Å²) >= 11 is 1.74. The first-order valence-electron chi connectivity index (χ1n) is 10.1. The van der Waals surface area contributed by atoms with Crippen molar-refractivity contribution in [3.05, 3.63) is 39.8 Å². The third-order valence-electron chi connectivity index (χ3n) is 5.83. The molecule has 1 fully saturated rings. The topological polar surface area (TPSA) is 58.1 Å². The molecule has 1 saturated heterocycles. The van der Waals surface area contributed by atoms with Gasteiger partial charge in [0.05, 0.1) is 0 Å². The Bertz CT molecular complexity index is 768. The molecule has 2 aromatic heterocycles. The maximum absolute atomic E-state index is 12.5. The van der Waals surface area contributed by atoms with E-state index >= 15 is 0 Å². The molecule has 0 radical (unpaired) electrons. The van der Waals surface area contributed by atoms with Gasteiger partial charge < -0.3 is 10.2 Å². The van der Waals surface area contributed by atoms with Gasteiger partial charge in [-0.2, -0.15) is 0 Å². The Balaban J connectivity index is 1.32. The Hall–Kier alpha value is -1.95. The Kier molecular flexibility index (Phi) is 5.72. The minimum atomic E-state index is 0.0473. The molecule has 1 aliphatic carbocycles. The molecule has 0 bridgehead atoms. The molecule has 0 spiro atoms. The lowest BCUT2D eigenvalue weighted by Gasteiger charge is -2.31. The summed E-state index contributed by atoms with van der Waals surface area (Å²) in [6, 6.07) is 4.17. The number of carbonyl (C=O) groups is 1. The summed E-state index contributed by atoms with van der Waals surface area (Å²) in [6.45, 7) is 5.13. The SMILES string of the molecule is CC1CCN(c2ncc3c(n2)CC[C@H](C(=O)NCCc2cccs2)C3)CC1. The van der Waals surface area contributed by atoms with Crippen LogP contribution in [-0.4, -0.2) is 35.5 Å². The molecule has 5 nitrogen and oxygen atoms in total. The van der Waals surface area contributed by atoms with E-state index in [9.17, 15) is 4.79 Å². The summed E-state index contributed by atoms with van der Waals surface area (Å²) in [6.07, 6.45) is 7.82. The molecule has 27 heavy (non-hydrogen) atoms. The van der Waals surface area contributed by atoms with Gasteiger partial charge in [0.1, 0.15) is 0 Å². The second kappa shape index (κ2) is 8.38. The Morgan fingerprint density at radius 2 is 2.19 bits per heavy atom. The number of amides is 1. The predicted molar refractivity (Wildman–Crippen MR) is 109 cm³/mol. The summed E-state index contributed by atoms with van der Waals surface area (Å²) in [7, 11) is 0. The highest BCUT2D eigenvalue weighted by atomic mass is 32.1. The number of piperidine rings is 1. The first-order valence-corrected chi connectivity index (χ1v) is 11.0. The van der Waals surface area contributed by atoms with Crippen molar-refractivity contribution in [1.29, 1.82) is 0 Å². The van der Waals surface area contributed by atoms with Gasteiger partial charge in [-0.25, -0.2) is 9.97 Å². The minimum absolute atomic E-state index is 0.0473. The lowest BCUT2D eigenvalue weighted by atomic mass is 9.86. The number of aromatic nitrogens is 2. The Labute approximate surface area is 165 Å². The molecule has 0 saturated carbocycles. The molecule has 2 aromatic rings. The van der Waals surface area contributed by atoms with Crippen molar-refractivity contribution in [2.75, 3.05) is 24.5 Å². The van der Waals surface area contributed by atoms with Crippen LogP contribution in [0.2, 0.25) is 0 Å². The van der Waals surface area contributed by atoms with Crippen LogP contribution in [0.25, 0.3) is 0 Å². The van der Waals surface area contributed by atoms with Gasteiger partial charge in [-0.15, -0.1) is 11.3 Å². The van der Waals surface area contributed by atoms with E-state index in [1.807, 2.05) is 6.20 Å². The summed E-state index contributed by atoms with van der Waals surface area (Å²) in [5.74, 6) is 1.90. The molecule has 144 valence electrons. The van der Waals surface area contributed by atoms with E-state index in [2.05, 4.69) is 39.6 Å². The van der Waals surface area contributed by atoms with Crippen molar-refractivity contribution in [1.82, 2.24) is 15.3 Å². The standard InChI is InChI=1S/C21H28N4OS/c1-15-7-10-25(11-8-15)21-23-14-17-13-16(4-5-19(17)24-21)20(26)22-9-6-18-3-2-12-27-18/h2-3,12,14-16H,4-11,13H2,1H3,(H,22,26)/t16-/m0/s1. The van der Waals surface area contributed by atoms with E-state index in [1.165, 1.54) is 17.7 Å². The second-order valence-corrected chi connectivity index (χ2v) is 8.90. The van der Waals surface area contributed by atoms with Gasteiger partial charge in [0.15, 0.2) is 0 Å². The number of anilines is 1. The molecule has 1 atom stereocenters. The minimum Gasteiger partial charge on any atom is -0.355 e.